The molecule has 2 aliphatic heterocycles. The number of hydrogen-bond donors (Lipinski definition) is 1. The van der Waals surface area contributed by atoms with Crippen LogP contribution in [0.4, 0.5) is 0 Å². The van der Waals surface area contributed by atoms with Crippen LogP contribution in [-0.4, -0.2) is 41.1 Å². The molecule has 1 N–H and O–H groups in total. The molecule has 116 valence electrons. The molecule has 0 spiro atoms. The molecule has 1 unspecified atom stereocenters. The number of benzene rings is 1. The predicted octanol–water partition coefficient (Wildman–Crippen LogP) is 2.12. The van der Waals surface area contributed by atoms with E-state index in [-0.39, 0.29) is 18.2 Å². The Morgan fingerprint density at radius 1 is 1.27 bits per heavy atom. The maximum atomic E-state index is 12.6. The molecule has 2 amide bonds. The molecule has 1 saturated heterocycles. The van der Waals surface area contributed by atoms with E-state index in [2.05, 4.69) is 0 Å². The van der Waals surface area contributed by atoms with Gasteiger partial charge in [0.15, 0.2) is 5.76 Å². The van der Waals surface area contributed by atoms with E-state index in [9.17, 15) is 14.7 Å². The van der Waals surface area contributed by atoms with Gasteiger partial charge in [0.1, 0.15) is 0 Å². The van der Waals surface area contributed by atoms with Crippen LogP contribution in [0, 0.1) is 13.8 Å². The lowest BCUT2D eigenvalue weighted by atomic mass is 9.98. The number of ether oxygens (including phenoxy) is 1. The van der Waals surface area contributed by atoms with E-state index in [4.69, 9.17) is 4.74 Å². The van der Waals surface area contributed by atoms with Crippen molar-refractivity contribution in [3.63, 3.8) is 0 Å². The highest BCUT2D eigenvalue weighted by Gasteiger charge is 2.41. The number of carbonyl (C=O) groups excluding carboxylic acids is 2. The molecule has 5 nitrogen and oxygen atoms in total. The van der Waals surface area contributed by atoms with Gasteiger partial charge in [0.2, 0.25) is 0 Å². The zero-order valence-electron chi connectivity index (χ0n) is 12.8. The van der Waals surface area contributed by atoms with Crippen LogP contribution in [0.1, 0.15) is 29.5 Å². The summed E-state index contributed by atoms with van der Waals surface area (Å²) >= 11 is 0. The van der Waals surface area contributed by atoms with E-state index >= 15 is 0 Å². The average molecular weight is 301 g/mol. The second-order valence-electron chi connectivity index (χ2n) is 5.90. The molecule has 0 radical (unpaired) electrons. The molecule has 1 aromatic carbocycles. The first-order valence-corrected chi connectivity index (χ1v) is 7.47. The lowest BCUT2D eigenvalue weighted by molar-refractivity contribution is -0.139. The Kier molecular flexibility index (Phi) is 3.74. The molecular formula is C17H19NO4. The zero-order valence-corrected chi connectivity index (χ0v) is 12.8. The van der Waals surface area contributed by atoms with Gasteiger partial charge in [-0.3, -0.25) is 14.5 Å². The van der Waals surface area contributed by atoms with Gasteiger partial charge in [0.05, 0.1) is 18.2 Å². The van der Waals surface area contributed by atoms with E-state index in [1.54, 1.807) is 6.07 Å². The van der Waals surface area contributed by atoms with Gasteiger partial charge in [0, 0.05) is 6.61 Å². The third-order valence-corrected chi connectivity index (χ3v) is 4.20. The Morgan fingerprint density at radius 3 is 2.68 bits per heavy atom. The van der Waals surface area contributed by atoms with Crippen molar-refractivity contribution in [1.29, 1.82) is 0 Å². The summed E-state index contributed by atoms with van der Waals surface area (Å²) in [5.74, 6) is -1.53. The van der Waals surface area contributed by atoms with Gasteiger partial charge in [0.25, 0.3) is 11.8 Å². The molecule has 3 rings (SSSR count). The molecule has 22 heavy (non-hydrogen) atoms. The first-order valence-electron chi connectivity index (χ1n) is 7.47. The van der Waals surface area contributed by atoms with E-state index in [1.165, 1.54) is 0 Å². The third kappa shape index (κ3) is 2.41. The van der Waals surface area contributed by atoms with Gasteiger partial charge in [-0.15, -0.1) is 0 Å². The fourth-order valence-corrected chi connectivity index (χ4v) is 3.06. The van der Waals surface area contributed by atoms with E-state index in [1.807, 2.05) is 26.0 Å². The molecule has 0 aromatic heterocycles. The summed E-state index contributed by atoms with van der Waals surface area (Å²) in [5, 5.41) is 10.1. The molecule has 0 aliphatic carbocycles. The molecule has 2 heterocycles. The highest BCUT2D eigenvalue weighted by Crippen LogP contribution is 2.31. The molecule has 2 aliphatic rings. The van der Waals surface area contributed by atoms with E-state index in [0.29, 0.717) is 12.2 Å². The Labute approximate surface area is 129 Å². The van der Waals surface area contributed by atoms with Gasteiger partial charge in [-0.25, -0.2) is 0 Å². The highest BCUT2D eigenvalue weighted by atomic mass is 16.5. The van der Waals surface area contributed by atoms with Gasteiger partial charge in [-0.2, -0.15) is 0 Å². The summed E-state index contributed by atoms with van der Waals surface area (Å²) in [6.07, 6.45) is 1.64. The summed E-state index contributed by atoms with van der Waals surface area (Å²) < 4.78 is 5.48. The maximum absolute atomic E-state index is 12.6. The second kappa shape index (κ2) is 5.57. The molecule has 0 bridgehead atoms. The summed E-state index contributed by atoms with van der Waals surface area (Å²) in [5.41, 5.74) is 2.63. The predicted molar refractivity (Wildman–Crippen MR) is 81.2 cm³/mol. The number of imide groups is 1. The van der Waals surface area contributed by atoms with Crippen LogP contribution >= 0.6 is 0 Å². The van der Waals surface area contributed by atoms with Crippen molar-refractivity contribution in [2.75, 3.05) is 13.2 Å². The van der Waals surface area contributed by atoms with Crippen molar-refractivity contribution >= 4 is 17.4 Å². The van der Waals surface area contributed by atoms with Crippen molar-refractivity contribution in [1.82, 2.24) is 4.90 Å². The Hall–Kier alpha value is -2.14. The SMILES string of the molecule is Cc1ccc(C2=C(O)C(=O)N(CC3CCCO3)C2=O)c(C)c1. The average Bonchev–Trinajstić information content (AvgIpc) is 3.05. The smallest absolute Gasteiger partial charge is 0.296 e. The summed E-state index contributed by atoms with van der Waals surface area (Å²) in [6, 6.07) is 5.57. The fourth-order valence-electron chi connectivity index (χ4n) is 3.06. The number of aliphatic hydroxyl groups is 1. The van der Waals surface area contributed by atoms with Gasteiger partial charge in [-0.1, -0.05) is 23.8 Å². The lowest BCUT2D eigenvalue weighted by Crippen LogP contribution is -2.38. The Bertz CT molecular complexity index is 671. The molecule has 1 fully saturated rings. The first-order chi connectivity index (χ1) is 10.5. The normalized spacial score (nSPS) is 22.1. The van der Waals surface area contributed by atoms with Crippen molar-refractivity contribution in [3.8, 4) is 0 Å². The summed E-state index contributed by atoms with van der Waals surface area (Å²) in [4.78, 5) is 25.9. The number of amides is 2. The van der Waals surface area contributed by atoms with Crippen LogP contribution in [0.5, 0.6) is 0 Å². The van der Waals surface area contributed by atoms with E-state index < -0.39 is 17.6 Å². The largest absolute Gasteiger partial charge is 0.502 e. The monoisotopic (exact) mass is 301 g/mol. The van der Waals surface area contributed by atoms with Crippen molar-refractivity contribution in [2.24, 2.45) is 0 Å². The lowest BCUT2D eigenvalue weighted by Gasteiger charge is -2.18. The zero-order chi connectivity index (χ0) is 15.9. The fraction of sp³-hybridized carbons (Fsp3) is 0.412. The van der Waals surface area contributed by atoms with Crippen LogP contribution in [0.3, 0.4) is 0 Å². The number of nitrogens with zero attached hydrogens (tertiary/aromatic N) is 1. The standard InChI is InChI=1S/C17H19NO4/c1-10-5-6-13(11(2)8-10)14-15(19)17(21)18(16(14)20)9-12-4-3-7-22-12/h5-6,8,12,19H,3-4,7,9H2,1-2H3. The third-order valence-electron chi connectivity index (χ3n) is 4.20. The minimum absolute atomic E-state index is 0.0977. The number of aliphatic hydroxyl groups excluding tert-OH is 1. The molecule has 0 saturated carbocycles. The topological polar surface area (TPSA) is 66.8 Å². The molecule has 1 atom stereocenters. The van der Waals surface area contributed by atoms with Crippen LogP contribution in [-0.2, 0) is 14.3 Å². The highest BCUT2D eigenvalue weighted by molar-refractivity contribution is 6.35. The van der Waals surface area contributed by atoms with Gasteiger partial charge < -0.3 is 9.84 Å². The number of carbonyl (C=O) groups is 2. The quantitative estimate of drug-likeness (QED) is 0.868. The van der Waals surface area contributed by atoms with Crippen molar-refractivity contribution in [2.45, 2.75) is 32.8 Å². The molecule has 5 heteroatoms. The van der Waals surface area contributed by atoms with Gasteiger partial charge in [-0.05, 0) is 37.8 Å². The van der Waals surface area contributed by atoms with Crippen molar-refractivity contribution < 1.29 is 19.4 Å². The maximum Gasteiger partial charge on any atom is 0.296 e. The molecule has 1 aromatic rings. The Morgan fingerprint density at radius 2 is 2.05 bits per heavy atom. The van der Waals surface area contributed by atoms with Gasteiger partial charge >= 0.3 is 0 Å². The number of aryl methyl sites for hydroxylation is 2. The minimum Gasteiger partial charge on any atom is -0.502 e. The molecular weight excluding hydrogens is 282 g/mol. The number of rotatable bonds is 3. The summed E-state index contributed by atoms with van der Waals surface area (Å²) in [7, 11) is 0. The number of hydrogen-bond acceptors (Lipinski definition) is 4. The van der Waals surface area contributed by atoms with Crippen LogP contribution in [0.25, 0.3) is 5.57 Å². The van der Waals surface area contributed by atoms with E-state index in [0.717, 1.165) is 28.9 Å². The van der Waals surface area contributed by atoms with Crippen LogP contribution in [0.15, 0.2) is 24.0 Å². The van der Waals surface area contributed by atoms with Crippen molar-refractivity contribution in [3.05, 3.63) is 40.6 Å². The second-order valence-corrected chi connectivity index (χ2v) is 5.90. The van der Waals surface area contributed by atoms with Crippen LogP contribution < -0.4 is 0 Å². The first kappa shape index (κ1) is 14.8. The van der Waals surface area contributed by atoms with Crippen LogP contribution in [0.2, 0.25) is 0 Å². The summed E-state index contributed by atoms with van der Waals surface area (Å²) in [6.45, 7) is 4.68. The minimum atomic E-state index is -0.629. The Balaban J connectivity index is 1.91.